The van der Waals surface area contributed by atoms with E-state index in [1.54, 1.807) is 0 Å². The fourth-order valence-corrected chi connectivity index (χ4v) is 3.63. The lowest BCUT2D eigenvalue weighted by Crippen LogP contribution is -2.30. The van der Waals surface area contributed by atoms with E-state index in [-0.39, 0.29) is 17.9 Å². The molecule has 1 atom stereocenters. The topological polar surface area (TPSA) is 90.1 Å². The van der Waals surface area contributed by atoms with Crippen molar-refractivity contribution in [1.82, 2.24) is 20.8 Å². The van der Waals surface area contributed by atoms with E-state index in [4.69, 9.17) is 0 Å². The first-order valence-electron chi connectivity index (χ1n) is 9.11. The number of carbonyl (C=O) groups is 2. The number of aromatic nitrogens is 2. The van der Waals surface area contributed by atoms with E-state index >= 15 is 0 Å². The van der Waals surface area contributed by atoms with E-state index in [1.165, 1.54) is 0 Å². The lowest BCUT2D eigenvalue weighted by Gasteiger charge is -2.18. The number of rotatable bonds is 4. The van der Waals surface area contributed by atoms with Crippen molar-refractivity contribution in [2.24, 2.45) is 0 Å². The van der Waals surface area contributed by atoms with Crippen LogP contribution in [0.4, 0.5) is 5.69 Å². The largest absolute Gasteiger partial charge is 0.344 e. The fraction of sp³-hybridized carbons (Fsp3) is 0.421. The molecule has 2 aliphatic heterocycles. The zero-order chi connectivity index (χ0) is 18.1. The summed E-state index contributed by atoms with van der Waals surface area (Å²) in [5.74, 6) is 0.00788. The van der Waals surface area contributed by atoms with Crippen molar-refractivity contribution in [2.75, 3.05) is 18.0 Å². The second kappa shape index (κ2) is 6.92. The number of H-pyrrole nitrogens is 1. The van der Waals surface area contributed by atoms with Crippen LogP contribution in [0, 0.1) is 0 Å². The third-order valence-electron chi connectivity index (χ3n) is 5.15. The first-order valence-corrected chi connectivity index (χ1v) is 9.11. The van der Waals surface area contributed by atoms with Crippen LogP contribution in [0.1, 0.15) is 53.1 Å². The molecule has 0 bridgehead atoms. The van der Waals surface area contributed by atoms with Gasteiger partial charge >= 0.3 is 0 Å². The van der Waals surface area contributed by atoms with Crippen molar-refractivity contribution in [3.05, 3.63) is 46.8 Å². The lowest BCUT2D eigenvalue weighted by atomic mass is 10.1. The zero-order valence-corrected chi connectivity index (χ0v) is 14.8. The molecule has 136 valence electrons. The van der Waals surface area contributed by atoms with E-state index in [0.29, 0.717) is 18.7 Å². The van der Waals surface area contributed by atoms with Crippen LogP contribution in [0.3, 0.4) is 0 Å². The maximum Gasteiger partial charge on any atom is 0.272 e. The first-order chi connectivity index (χ1) is 12.6. The Balaban J connectivity index is 1.44. The number of anilines is 1. The quantitative estimate of drug-likeness (QED) is 0.780. The molecule has 0 spiro atoms. The van der Waals surface area contributed by atoms with Crippen molar-refractivity contribution in [1.29, 1.82) is 0 Å². The molecule has 1 fully saturated rings. The molecule has 7 heteroatoms. The highest BCUT2D eigenvalue weighted by Gasteiger charge is 2.24. The summed E-state index contributed by atoms with van der Waals surface area (Å²) in [7, 11) is 0. The second-order valence-electron chi connectivity index (χ2n) is 6.89. The Morgan fingerprint density at radius 2 is 2.08 bits per heavy atom. The van der Waals surface area contributed by atoms with Crippen molar-refractivity contribution in [3.63, 3.8) is 0 Å². The molecule has 1 aromatic carbocycles. The van der Waals surface area contributed by atoms with Crippen molar-refractivity contribution in [2.45, 2.75) is 38.8 Å². The van der Waals surface area contributed by atoms with Gasteiger partial charge in [-0.2, -0.15) is 5.10 Å². The summed E-state index contributed by atoms with van der Waals surface area (Å²) in [4.78, 5) is 26.3. The van der Waals surface area contributed by atoms with Gasteiger partial charge in [0, 0.05) is 49.4 Å². The van der Waals surface area contributed by atoms with Gasteiger partial charge in [0.2, 0.25) is 5.91 Å². The van der Waals surface area contributed by atoms with Crippen LogP contribution < -0.4 is 15.5 Å². The maximum atomic E-state index is 12.6. The van der Waals surface area contributed by atoms with Gasteiger partial charge in [0.05, 0.1) is 6.04 Å². The summed E-state index contributed by atoms with van der Waals surface area (Å²) in [5, 5.41) is 13.5. The number of nitrogens with zero attached hydrogens (tertiary/aromatic N) is 2. The van der Waals surface area contributed by atoms with Gasteiger partial charge < -0.3 is 15.5 Å². The maximum absolute atomic E-state index is 12.6. The normalized spacial score (nSPS) is 17.9. The number of fused-ring (bicyclic) bond motifs is 1. The molecule has 2 aliphatic rings. The zero-order valence-electron chi connectivity index (χ0n) is 14.8. The van der Waals surface area contributed by atoms with E-state index in [2.05, 4.69) is 20.8 Å². The molecule has 2 aromatic rings. The highest BCUT2D eigenvalue weighted by Crippen LogP contribution is 2.24. The highest BCUT2D eigenvalue weighted by atomic mass is 16.2. The monoisotopic (exact) mass is 353 g/mol. The molecular formula is C19H23N5O2. The van der Waals surface area contributed by atoms with Gasteiger partial charge in [-0.05, 0) is 31.0 Å². The number of nitrogens with one attached hydrogen (secondary N) is 3. The molecule has 4 rings (SSSR count). The van der Waals surface area contributed by atoms with E-state index in [1.807, 2.05) is 36.1 Å². The number of aromatic amines is 1. The van der Waals surface area contributed by atoms with Gasteiger partial charge in [-0.15, -0.1) is 0 Å². The van der Waals surface area contributed by atoms with E-state index in [9.17, 15) is 9.59 Å². The van der Waals surface area contributed by atoms with Crippen molar-refractivity contribution >= 4 is 17.5 Å². The van der Waals surface area contributed by atoms with Crippen LogP contribution in [0.2, 0.25) is 0 Å². The minimum atomic E-state index is -0.169. The van der Waals surface area contributed by atoms with Gasteiger partial charge in [0.25, 0.3) is 5.91 Å². The number of benzene rings is 1. The molecule has 2 amide bonds. The summed E-state index contributed by atoms with van der Waals surface area (Å²) >= 11 is 0. The minimum absolute atomic E-state index is 0.144. The smallest absolute Gasteiger partial charge is 0.272 e. The molecule has 0 saturated carbocycles. The molecular weight excluding hydrogens is 330 g/mol. The van der Waals surface area contributed by atoms with Gasteiger partial charge in [-0.1, -0.05) is 12.1 Å². The van der Waals surface area contributed by atoms with E-state index in [0.717, 1.165) is 48.4 Å². The number of hydrogen-bond donors (Lipinski definition) is 3. The molecule has 3 N–H and O–H groups in total. The number of carbonyl (C=O) groups excluding carboxylic acids is 2. The summed E-state index contributed by atoms with van der Waals surface area (Å²) < 4.78 is 0. The van der Waals surface area contributed by atoms with Crippen LogP contribution in [-0.2, 0) is 17.8 Å². The van der Waals surface area contributed by atoms with Gasteiger partial charge in [-0.25, -0.2) is 0 Å². The first kappa shape index (κ1) is 16.8. The summed E-state index contributed by atoms with van der Waals surface area (Å²) in [6.45, 7) is 4.30. The highest BCUT2D eigenvalue weighted by molar-refractivity contribution is 5.95. The van der Waals surface area contributed by atoms with Crippen molar-refractivity contribution in [3.8, 4) is 0 Å². The Kier molecular flexibility index (Phi) is 4.46. The third-order valence-corrected chi connectivity index (χ3v) is 5.15. The second-order valence-corrected chi connectivity index (χ2v) is 6.89. The van der Waals surface area contributed by atoms with Gasteiger partial charge in [0.1, 0.15) is 0 Å². The predicted molar refractivity (Wildman–Crippen MR) is 97.9 cm³/mol. The molecule has 1 aromatic heterocycles. The molecule has 26 heavy (non-hydrogen) atoms. The number of hydrogen-bond acceptors (Lipinski definition) is 4. The summed E-state index contributed by atoms with van der Waals surface area (Å²) in [6.07, 6.45) is 2.40. The van der Waals surface area contributed by atoms with Gasteiger partial charge in [-0.3, -0.25) is 14.7 Å². The molecule has 1 saturated heterocycles. The molecule has 0 aliphatic carbocycles. The Bertz CT molecular complexity index is 827. The van der Waals surface area contributed by atoms with Crippen LogP contribution in [0.15, 0.2) is 24.3 Å². The van der Waals surface area contributed by atoms with Crippen molar-refractivity contribution < 1.29 is 9.59 Å². The molecule has 7 nitrogen and oxygen atoms in total. The predicted octanol–water partition coefficient (Wildman–Crippen LogP) is 1.67. The van der Waals surface area contributed by atoms with Crippen LogP contribution >= 0.6 is 0 Å². The number of amides is 2. The third kappa shape index (κ3) is 3.10. The van der Waals surface area contributed by atoms with E-state index < -0.39 is 0 Å². The Morgan fingerprint density at radius 3 is 2.81 bits per heavy atom. The lowest BCUT2D eigenvalue weighted by molar-refractivity contribution is -0.117. The van der Waals surface area contributed by atoms with Crippen LogP contribution in [0.25, 0.3) is 0 Å². The van der Waals surface area contributed by atoms with Crippen LogP contribution in [0.5, 0.6) is 0 Å². The molecule has 1 unspecified atom stereocenters. The minimum Gasteiger partial charge on any atom is -0.344 e. The molecule has 3 heterocycles. The summed E-state index contributed by atoms with van der Waals surface area (Å²) in [5.41, 5.74) is 4.39. The standard InChI is InChI=1S/C19H23N5O2/c1-12(13-4-6-14(7-5-13)24-10-2-3-17(24)25)21-19(26)18-15-11-20-9-8-16(15)22-23-18/h4-7,12,20H,2-3,8-11H2,1H3,(H,21,26)(H,22,23). The van der Waals surface area contributed by atoms with Gasteiger partial charge in [0.15, 0.2) is 5.69 Å². The molecule has 0 radical (unpaired) electrons. The Hall–Kier alpha value is -2.67. The van der Waals surface area contributed by atoms with Crippen LogP contribution in [-0.4, -0.2) is 35.1 Å². The fourth-order valence-electron chi connectivity index (χ4n) is 3.63. The Labute approximate surface area is 152 Å². The average molecular weight is 353 g/mol. The average Bonchev–Trinajstić information content (AvgIpc) is 3.28. The summed E-state index contributed by atoms with van der Waals surface area (Å²) in [6, 6.07) is 7.68. The Morgan fingerprint density at radius 1 is 1.27 bits per heavy atom. The SMILES string of the molecule is CC(NC(=O)c1n[nH]c2c1CNCC2)c1ccc(N2CCCC2=O)cc1.